The van der Waals surface area contributed by atoms with Crippen molar-refractivity contribution in [2.24, 2.45) is 5.73 Å². The number of rotatable bonds is 4. The van der Waals surface area contributed by atoms with Gasteiger partial charge in [-0.05, 0) is 25.5 Å². The van der Waals surface area contributed by atoms with E-state index in [1.807, 2.05) is 19.1 Å². The molecule has 5 nitrogen and oxygen atoms in total. The molecule has 6 heteroatoms. The monoisotopic (exact) mass is 297 g/mol. The Labute approximate surface area is 121 Å². The summed E-state index contributed by atoms with van der Waals surface area (Å²) in [4.78, 5) is 2.66. The Morgan fingerprint density at radius 3 is 2.35 bits per heavy atom. The fourth-order valence-corrected chi connectivity index (χ4v) is 4.17. The summed E-state index contributed by atoms with van der Waals surface area (Å²) in [6, 6.07) is 7.44. The van der Waals surface area contributed by atoms with Crippen LogP contribution in [0.1, 0.15) is 12.5 Å². The molecule has 20 heavy (non-hydrogen) atoms. The van der Waals surface area contributed by atoms with E-state index >= 15 is 0 Å². The van der Waals surface area contributed by atoms with Crippen molar-refractivity contribution >= 4 is 10.0 Å². The van der Waals surface area contributed by atoms with Crippen LogP contribution in [0.5, 0.6) is 0 Å². The zero-order valence-electron chi connectivity index (χ0n) is 12.1. The molecule has 1 atom stereocenters. The van der Waals surface area contributed by atoms with E-state index in [-0.39, 0.29) is 0 Å². The van der Waals surface area contributed by atoms with Gasteiger partial charge in [0.25, 0.3) is 0 Å². The zero-order chi connectivity index (χ0) is 14.8. The normalized spacial score (nSPS) is 19.9. The van der Waals surface area contributed by atoms with Crippen LogP contribution >= 0.6 is 0 Å². The van der Waals surface area contributed by atoms with Crippen LogP contribution in [0, 0.1) is 6.92 Å². The first-order valence-electron chi connectivity index (χ1n) is 6.96. The third-order valence-corrected chi connectivity index (χ3v) is 6.01. The van der Waals surface area contributed by atoms with E-state index in [1.165, 1.54) is 0 Å². The predicted molar refractivity (Wildman–Crippen MR) is 80.0 cm³/mol. The molecule has 1 aromatic carbocycles. The van der Waals surface area contributed by atoms with Crippen LogP contribution in [0.4, 0.5) is 0 Å². The van der Waals surface area contributed by atoms with Crippen LogP contribution in [-0.4, -0.2) is 56.4 Å². The van der Waals surface area contributed by atoms with Gasteiger partial charge in [0.05, 0.1) is 4.90 Å². The molecule has 1 heterocycles. The Hall–Kier alpha value is -0.950. The van der Waals surface area contributed by atoms with Crippen LogP contribution < -0.4 is 5.73 Å². The van der Waals surface area contributed by atoms with Gasteiger partial charge < -0.3 is 5.73 Å². The van der Waals surface area contributed by atoms with Crippen LogP contribution in [-0.2, 0) is 10.0 Å². The smallest absolute Gasteiger partial charge is 0.243 e. The van der Waals surface area contributed by atoms with E-state index in [0.717, 1.165) is 18.7 Å². The third-order valence-electron chi connectivity index (χ3n) is 3.95. The molecule has 2 rings (SSSR count). The van der Waals surface area contributed by atoms with Gasteiger partial charge in [-0.2, -0.15) is 4.31 Å². The highest BCUT2D eigenvalue weighted by molar-refractivity contribution is 7.89. The number of piperazine rings is 1. The molecule has 1 saturated heterocycles. The Morgan fingerprint density at radius 1 is 1.20 bits per heavy atom. The minimum atomic E-state index is -3.37. The molecular formula is C14H23N3O2S. The third kappa shape index (κ3) is 3.03. The molecule has 0 aromatic heterocycles. The highest BCUT2D eigenvalue weighted by atomic mass is 32.2. The van der Waals surface area contributed by atoms with Crippen molar-refractivity contribution in [2.75, 3.05) is 32.7 Å². The maximum absolute atomic E-state index is 12.6. The second kappa shape index (κ2) is 6.22. The first-order chi connectivity index (χ1) is 9.46. The number of nitrogens with zero attached hydrogens (tertiary/aromatic N) is 2. The molecular weight excluding hydrogens is 274 g/mol. The summed E-state index contributed by atoms with van der Waals surface area (Å²) in [5, 5.41) is 0. The molecule has 0 amide bonds. The minimum absolute atomic E-state index is 0.304. The average molecular weight is 297 g/mol. The molecule has 112 valence electrons. The van der Waals surface area contributed by atoms with E-state index < -0.39 is 10.0 Å². The van der Waals surface area contributed by atoms with Crippen LogP contribution in [0.15, 0.2) is 29.2 Å². The number of hydrogen-bond donors (Lipinski definition) is 1. The fourth-order valence-electron chi connectivity index (χ4n) is 2.52. The van der Waals surface area contributed by atoms with Gasteiger partial charge in [-0.3, -0.25) is 4.90 Å². The van der Waals surface area contributed by atoms with E-state index in [1.54, 1.807) is 16.4 Å². The number of sulfonamides is 1. The molecule has 0 saturated carbocycles. The summed E-state index contributed by atoms with van der Waals surface area (Å²) < 4.78 is 26.9. The van der Waals surface area contributed by atoms with E-state index in [9.17, 15) is 8.42 Å². The second-order valence-corrected chi connectivity index (χ2v) is 7.20. The average Bonchev–Trinajstić information content (AvgIpc) is 2.47. The summed E-state index contributed by atoms with van der Waals surface area (Å²) >= 11 is 0. The largest absolute Gasteiger partial charge is 0.329 e. The summed E-state index contributed by atoms with van der Waals surface area (Å²) in [6.45, 7) is 7.05. The Bertz CT molecular complexity index is 551. The van der Waals surface area contributed by atoms with E-state index in [4.69, 9.17) is 5.73 Å². The van der Waals surface area contributed by atoms with Gasteiger partial charge in [0, 0.05) is 38.8 Å². The molecule has 1 unspecified atom stereocenters. The van der Waals surface area contributed by atoms with Gasteiger partial charge >= 0.3 is 0 Å². The molecule has 1 aliphatic heterocycles. The Balaban J connectivity index is 2.12. The standard InChI is InChI=1S/C14H23N3O2S/c1-12-5-3-4-6-14(12)20(18,19)17-9-7-16(8-10-17)13(2)11-15/h3-6,13H,7-11,15H2,1-2H3. The lowest BCUT2D eigenvalue weighted by Crippen LogP contribution is -2.52. The van der Waals surface area contributed by atoms with Crippen LogP contribution in [0.2, 0.25) is 0 Å². The van der Waals surface area contributed by atoms with Crippen molar-refractivity contribution in [2.45, 2.75) is 24.8 Å². The first kappa shape index (κ1) is 15.4. The van der Waals surface area contributed by atoms with Crippen molar-refractivity contribution in [1.29, 1.82) is 0 Å². The summed E-state index contributed by atoms with van der Waals surface area (Å²) in [5.74, 6) is 0. The van der Waals surface area contributed by atoms with Gasteiger partial charge in [0.2, 0.25) is 10.0 Å². The van der Waals surface area contributed by atoms with Gasteiger partial charge in [-0.25, -0.2) is 8.42 Å². The maximum Gasteiger partial charge on any atom is 0.243 e. The molecule has 0 radical (unpaired) electrons. The lowest BCUT2D eigenvalue weighted by molar-refractivity contribution is 0.149. The second-order valence-electron chi connectivity index (χ2n) is 5.29. The highest BCUT2D eigenvalue weighted by Crippen LogP contribution is 2.21. The Kier molecular flexibility index (Phi) is 4.80. The molecule has 2 N–H and O–H groups in total. The molecule has 0 bridgehead atoms. The minimum Gasteiger partial charge on any atom is -0.329 e. The number of benzene rings is 1. The number of hydrogen-bond acceptors (Lipinski definition) is 4. The van der Waals surface area contributed by atoms with E-state index in [2.05, 4.69) is 11.8 Å². The van der Waals surface area contributed by atoms with Gasteiger partial charge in [-0.15, -0.1) is 0 Å². The maximum atomic E-state index is 12.6. The topological polar surface area (TPSA) is 66.6 Å². The number of nitrogens with two attached hydrogens (primary N) is 1. The van der Waals surface area contributed by atoms with Gasteiger partial charge in [0.1, 0.15) is 0 Å². The van der Waals surface area contributed by atoms with Crippen molar-refractivity contribution < 1.29 is 8.42 Å². The van der Waals surface area contributed by atoms with Crippen molar-refractivity contribution in [3.05, 3.63) is 29.8 Å². The molecule has 0 spiro atoms. The lowest BCUT2D eigenvalue weighted by atomic mass is 10.2. The summed E-state index contributed by atoms with van der Waals surface area (Å²) in [5.41, 5.74) is 6.46. The summed E-state index contributed by atoms with van der Waals surface area (Å²) in [6.07, 6.45) is 0. The van der Waals surface area contributed by atoms with E-state index in [0.29, 0.717) is 30.6 Å². The predicted octanol–water partition coefficient (Wildman–Crippen LogP) is 0.649. The lowest BCUT2D eigenvalue weighted by Gasteiger charge is -2.37. The SMILES string of the molecule is Cc1ccccc1S(=O)(=O)N1CCN(C(C)CN)CC1. The van der Waals surface area contributed by atoms with Crippen molar-refractivity contribution in [1.82, 2.24) is 9.21 Å². The Morgan fingerprint density at radius 2 is 1.80 bits per heavy atom. The molecule has 1 aliphatic rings. The summed E-state index contributed by atoms with van der Waals surface area (Å²) in [7, 11) is -3.37. The first-order valence-corrected chi connectivity index (χ1v) is 8.40. The molecule has 1 fully saturated rings. The van der Waals surface area contributed by atoms with Gasteiger partial charge in [-0.1, -0.05) is 18.2 Å². The van der Waals surface area contributed by atoms with Crippen LogP contribution in [0.25, 0.3) is 0 Å². The molecule has 1 aromatic rings. The zero-order valence-corrected chi connectivity index (χ0v) is 12.9. The molecule has 0 aliphatic carbocycles. The van der Waals surface area contributed by atoms with Crippen molar-refractivity contribution in [3.8, 4) is 0 Å². The van der Waals surface area contributed by atoms with Gasteiger partial charge in [0.15, 0.2) is 0 Å². The quantitative estimate of drug-likeness (QED) is 0.886. The number of aryl methyl sites for hydroxylation is 1. The van der Waals surface area contributed by atoms with Crippen molar-refractivity contribution in [3.63, 3.8) is 0 Å². The highest BCUT2D eigenvalue weighted by Gasteiger charge is 2.30. The fraction of sp³-hybridized carbons (Fsp3) is 0.571. The van der Waals surface area contributed by atoms with Crippen LogP contribution in [0.3, 0.4) is 0 Å².